The Morgan fingerprint density at radius 1 is 1.26 bits per heavy atom. The van der Waals surface area contributed by atoms with E-state index in [-0.39, 0.29) is 35.5 Å². The smallest absolute Gasteiger partial charge is 0.191 e. The highest BCUT2D eigenvalue weighted by Gasteiger charge is 2.07. The fourth-order valence-electron chi connectivity index (χ4n) is 2.77. The summed E-state index contributed by atoms with van der Waals surface area (Å²) in [5.41, 5.74) is 0.815. The molecule has 0 saturated heterocycles. The lowest BCUT2D eigenvalue weighted by Crippen LogP contribution is -2.42. The summed E-state index contributed by atoms with van der Waals surface area (Å²) < 4.78 is 18.7. The van der Waals surface area contributed by atoms with Gasteiger partial charge in [0.05, 0.1) is 13.7 Å². The summed E-state index contributed by atoms with van der Waals surface area (Å²) in [6.45, 7) is 13.1. The van der Waals surface area contributed by atoms with E-state index in [0.717, 1.165) is 50.5 Å². The number of nitrogens with zero attached hydrogens (tertiary/aromatic N) is 2. The van der Waals surface area contributed by atoms with Crippen molar-refractivity contribution < 1.29 is 9.13 Å². The Morgan fingerprint density at radius 3 is 2.52 bits per heavy atom. The van der Waals surface area contributed by atoms with Crippen LogP contribution in [0.4, 0.5) is 4.39 Å². The summed E-state index contributed by atoms with van der Waals surface area (Å²) in [6, 6.07) is 5.27. The van der Waals surface area contributed by atoms with Crippen molar-refractivity contribution in [1.82, 2.24) is 15.5 Å². The van der Waals surface area contributed by atoms with E-state index in [9.17, 15) is 4.39 Å². The second-order valence-corrected chi connectivity index (χ2v) is 6.38. The Bertz CT molecular complexity index is 553. The standard InChI is InChI=1S/C20H35FN4O.HI/c1-6-22-20(24-16(4)10-9-13-25(7-2)8-3)23-15-17-11-12-19(26-5)18(21)14-17;/h11-12,14,16H,6-10,13,15H2,1-5H3,(H2,22,23,24);1H. The molecule has 0 aliphatic carbocycles. The van der Waals surface area contributed by atoms with E-state index in [4.69, 9.17) is 4.74 Å². The zero-order valence-electron chi connectivity index (χ0n) is 17.3. The molecule has 0 amide bonds. The van der Waals surface area contributed by atoms with Gasteiger partial charge in [0.25, 0.3) is 0 Å². The fourth-order valence-corrected chi connectivity index (χ4v) is 2.77. The minimum absolute atomic E-state index is 0. The second kappa shape index (κ2) is 14.9. The Morgan fingerprint density at radius 2 is 1.96 bits per heavy atom. The molecule has 5 nitrogen and oxygen atoms in total. The molecule has 0 spiro atoms. The Kier molecular flexibility index (Phi) is 14.3. The topological polar surface area (TPSA) is 48.9 Å². The fraction of sp³-hybridized carbons (Fsp3) is 0.650. The average Bonchev–Trinajstić information content (AvgIpc) is 2.63. The first kappa shape index (κ1) is 25.9. The lowest BCUT2D eigenvalue weighted by molar-refractivity contribution is 0.292. The molecule has 1 aromatic carbocycles. The molecule has 7 heteroatoms. The summed E-state index contributed by atoms with van der Waals surface area (Å²) in [6.07, 6.45) is 2.23. The van der Waals surface area contributed by atoms with E-state index in [2.05, 4.69) is 41.3 Å². The number of rotatable bonds is 11. The number of hydrogen-bond acceptors (Lipinski definition) is 3. The first-order chi connectivity index (χ1) is 12.5. The van der Waals surface area contributed by atoms with Crippen LogP contribution in [0.1, 0.15) is 46.1 Å². The van der Waals surface area contributed by atoms with Gasteiger partial charge >= 0.3 is 0 Å². The first-order valence-corrected chi connectivity index (χ1v) is 9.63. The Hall–Kier alpha value is -1.09. The summed E-state index contributed by atoms with van der Waals surface area (Å²) in [7, 11) is 1.46. The van der Waals surface area contributed by atoms with Crippen LogP contribution in [0.2, 0.25) is 0 Å². The molecule has 0 fully saturated rings. The lowest BCUT2D eigenvalue weighted by Gasteiger charge is -2.21. The minimum atomic E-state index is -0.358. The molecule has 0 aliphatic heterocycles. The second-order valence-electron chi connectivity index (χ2n) is 6.38. The highest BCUT2D eigenvalue weighted by Crippen LogP contribution is 2.18. The number of nitrogens with one attached hydrogen (secondary N) is 2. The number of guanidine groups is 1. The molecule has 0 radical (unpaired) electrons. The molecule has 0 bridgehead atoms. The van der Waals surface area contributed by atoms with E-state index in [1.165, 1.54) is 13.2 Å². The Balaban J connectivity index is 0.00000676. The molecule has 0 saturated carbocycles. The number of ether oxygens (including phenoxy) is 1. The van der Waals surface area contributed by atoms with Gasteiger partial charge in [-0.1, -0.05) is 19.9 Å². The van der Waals surface area contributed by atoms with E-state index >= 15 is 0 Å². The van der Waals surface area contributed by atoms with E-state index in [0.29, 0.717) is 12.6 Å². The summed E-state index contributed by atoms with van der Waals surface area (Å²) in [4.78, 5) is 7.01. The van der Waals surface area contributed by atoms with E-state index in [1.54, 1.807) is 6.07 Å². The van der Waals surface area contributed by atoms with Gasteiger partial charge in [-0.15, -0.1) is 24.0 Å². The molecule has 2 N–H and O–H groups in total. The molecule has 1 unspecified atom stereocenters. The monoisotopic (exact) mass is 494 g/mol. The normalized spacial score (nSPS) is 12.5. The largest absolute Gasteiger partial charge is 0.494 e. The maximum Gasteiger partial charge on any atom is 0.191 e. The van der Waals surface area contributed by atoms with Crippen LogP contribution in [-0.2, 0) is 6.54 Å². The van der Waals surface area contributed by atoms with Crippen molar-refractivity contribution in [3.63, 3.8) is 0 Å². The third-order valence-corrected chi connectivity index (χ3v) is 4.37. The van der Waals surface area contributed by atoms with Crippen LogP contribution >= 0.6 is 24.0 Å². The van der Waals surface area contributed by atoms with Crippen LogP contribution in [0.15, 0.2) is 23.2 Å². The van der Waals surface area contributed by atoms with Crippen molar-refractivity contribution in [3.05, 3.63) is 29.6 Å². The van der Waals surface area contributed by atoms with Gasteiger partial charge in [0.1, 0.15) is 0 Å². The zero-order chi connectivity index (χ0) is 19.4. The van der Waals surface area contributed by atoms with Crippen LogP contribution in [0, 0.1) is 5.82 Å². The first-order valence-electron chi connectivity index (χ1n) is 9.63. The van der Waals surface area contributed by atoms with Crippen LogP contribution in [0.3, 0.4) is 0 Å². The average molecular weight is 494 g/mol. The van der Waals surface area contributed by atoms with Crippen molar-refractivity contribution in [2.45, 2.75) is 53.1 Å². The minimum Gasteiger partial charge on any atom is -0.494 e. The van der Waals surface area contributed by atoms with Crippen molar-refractivity contribution in [3.8, 4) is 5.75 Å². The quantitative estimate of drug-likeness (QED) is 0.277. The predicted molar refractivity (Wildman–Crippen MR) is 123 cm³/mol. The van der Waals surface area contributed by atoms with Gasteiger partial charge < -0.3 is 20.3 Å². The zero-order valence-corrected chi connectivity index (χ0v) is 19.7. The molecule has 1 rings (SSSR count). The van der Waals surface area contributed by atoms with Crippen LogP contribution in [0.25, 0.3) is 0 Å². The van der Waals surface area contributed by atoms with Gasteiger partial charge in [-0.2, -0.15) is 0 Å². The maximum atomic E-state index is 13.8. The van der Waals surface area contributed by atoms with Gasteiger partial charge in [-0.05, 0) is 64.0 Å². The maximum absolute atomic E-state index is 13.8. The van der Waals surface area contributed by atoms with E-state index in [1.807, 2.05) is 13.0 Å². The van der Waals surface area contributed by atoms with Crippen LogP contribution < -0.4 is 15.4 Å². The van der Waals surface area contributed by atoms with Crippen molar-refractivity contribution in [1.29, 1.82) is 0 Å². The van der Waals surface area contributed by atoms with Gasteiger partial charge in [-0.3, -0.25) is 0 Å². The number of benzene rings is 1. The molecule has 1 aromatic rings. The highest BCUT2D eigenvalue weighted by atomic mass is 127. The molecule has 0 aromatic heterocycles. The predicted octanol–water partition coefficient (Wildman–Crippen LogP) is 4.02. The SMILES string of the molecule is CCNC(=NCc1ccc(OC)c(F)c1)NC(C)CCCN(CC)CC.I. The van der Waals surface area contributed by atoms with E-state index < -0.39 is 0 Å². The van der Waals surface area contributed by atoms with Gasteiger partial charge in [0, 0.05) is 12.6 Å². The van der Waals surface area contributed by atoms with Crippen LogP contribution in [0.5, 0.6) is 5.75 Å². The molecule has 1 atom stereocenters. The number of methoxy groups -OCH3 is 1. The number of aliphatic imine (C=N–C) groups is 1. The summed E-state index contributed by atoms with van der Waals surface area (Å²) >= 11 is 0. The van der Waals surface area contributed by atoms with Crippen LogP contribution in [-0.4, -0.2) is 50.2 Å². The summed E-state index contributed by atoms with van der Waals surface area (Å²) in [5, 5.41) is 6.69. The van der Waals surface area contributed by atoms with Gasteiger partial charge in [0.2, 0.25) is 0 Å². The molecule has 0 heterocycles. The molecule has 0 aliphatic rings. The highest BCUT2D eigenvalue weighted by molar-refractivity contribution is 14.0. The molecule has 27 heavy (non-hydrogen) atoms. The Labute approximate surface area is 181 Å². The lowest BCUT2D eigenvalue weighted by atomic mass is 10.2. The molecular weight excluding hydrogens is 458 g/mol. The van der Waals surface area contributed by atoms with Crippen molar-refractivity contribution in [2.24, 2.45) is 4.99 Å². The third kappa shape index (κ3) is 10.1. The summed E-state index contributed by atoms with van der Waals surface area (Å²) in [5.74, 6) is 0.659. The van der Waals surface area contributed by atoms with Crippen molar-refractivity contribution >= 4 is 29.9 Å². The van der Waals surface area contributed by atoms with Crippen molar-refractivity contribution in [2.75, 3.05) is 33.3 Å². The van der Waals surface area contributed by atoms with Gasteiger partial charge in [-0.25, -0.2) is 9.38 Å². The number of halogens is 2. The number of hydrogen-bond donors (Lipinski definition) is 2. The third-order valence-electron chi connectivity index (χ3n) is 4.37. The van der Waals surface area contributed by atoms with Gasteiger partial charge in [0.15, 0.2) is 17.5 Å². The molecular formula is C20H36FIN4O. The molecule has 156 valence electrons.